The summed E-state index contributed by atoms with van der Waals surface area (Å²) in [5.74, 6) is 1.65. The number of anilines is 1. The van der Waals surface area contributed by atoms with Gasteiger partial charge in [-0.15, -0.1) is 11.3 Å². The minimum absolute atomic E-state index is 0.0824. The molecule has 0 radical (unpaired) electrons. The molecule has 8 heteroatoms. The Morgan fingerprint density at radius 2 is 1.68 bits per heavy atom. The Morgan fingerprint density at radius 3 is 2.42 bits per heavy atom. The number of carbonyl (C=O) groups is 1. The van der Waals surface area contributed by atoms with E-state index in [0.29, 0.717) is 13.1 Å². The van der Waals surface area contributed by atoms with E-state index in [0.717, 1.165) is 40.2 Å². The Hall–Kier alpha value is -2.97. The van der Waals surface area contributed by atoms with E-state index < -0.39 is 0 Å². The normalized spacial score (nSPS) is 14.2. The van der Waals surface area contributed by atoms with Crippen molar-refractivity contribution in [2.24, 2.45) is 0 Å². The number of hydrogen-bond donors (Lipinski definition) is 0. The van der Waals surface area contributed by atoms with Crippen molar-refractivity contribution >= 4 is 45.2 Å². The quantitative estimate of drug-likeness (QED) is 0.424. The molecule has 2 aromatic heterocycles. The third kappa shape index (κ3) is 4.55. The first kappa shape index (κ1) is 20.0. The fourth-order valence-corrected chi connectivity index (χ4v) is 5.57. The third-order valence-electron chi connectivity index (χ3n) is 5.24. The van der Waals surface area contributed by atoms with Crippen molar-refractivity contribution in [2.75, 3.05) is 31.1 Å². The average molecular weight is 448 g/mol. The van der Waals surface area contributed by atoms with Gasteiger partial charge in [-0.05, 0) is 35.9 Å². The molecule has 1 fully saturated rings. The van der Waals surface area contributed by atoms with Crippen LogP contribution in [0.15, 0.2) is 71.3 Å². The highest BCUT2D eigenvalue weighted by Gasteiger charge is 2.23. The number of carbonyl (C=O) groups excluding carboxylic acids is 1. The van der Waals surface area contributed by atoms with Crippen LogP contribution >= 0.6 is 23.1 Å². The zero-order valence-corrected chi connectivity index (χ0v) is 18.5. The molecule has 0 atom stereocenters. The summed E-state index contributed by atoms with van der Waals surface area (Å²) in [6.45, 7) is 2.83. The highest BCUT2D eigenvalue weighted by Crippen LogP contribution is 2.31. The minimum atomic E-state index is 0.0824. The molecule has 0 N–H and O–H groups in total. The number of rotatable bonds is 5. The monoisotopic (exact) mass is 447 g/mol. The number of fused-ring (bicyclic) bond motifs is 1. The summed E-state index contributed by atoms with van der Waals surface area (Å²) in [5.41, 5.74) is 2.97. The maximum Gasteiger partial charge on any atom is 0.253 e. The third-order valence-corrected chi connectivity index (χ3v) is 7.49. The van der Waals surface area contributed by atoms with Gasteiger partial charge in [0.15, 0.2) is 4.34 Å². The average Bonchev–Trinajstić information content (AvgIpc) is 3.26. The molecule has 0 unspecified atom stereocenters. The van der Waals surface area contributed by atoms with E-state index in [4.69, 9.17) is 0 Å². The van der Waals surface area contributed by atoms with E-state index in [1.54, 1.807) is 35.5 Å². The summed E-state index contributed by atoms with van der Waals surface area (Å²) in [5, 5.41) is 0. The van der Waals surface area contributed by atoms with Gasteiger partial charge in [0, 0.05) is 49.9 Å². The molecule has 1 aliphatic rings. The van der Waals surface area contributed by atoms with Crippen LogP contribution in [-0.2, 0) is 5.75 Å². The van der Waals surface area contributed by atoms with Gasteiger partial charge in [0.05, 0.1) is 10.2 Å². The lowest BCUT2D eigenvalue weighted by molar-refractivity contribution is 0.0746. The van der Waals surface area contributed by atoms with E-state index >= 15 is 0 Å². The van der Waals surface area contributed by atoms with Crippen LogP contribution in [0.25, 0.3) is 10.2 Å². The molecule has 0 spiro atoms. The fourth-order valence-electron chi connectivity index (χ4n) is 3.55. The minimum Gasteiger partial charge on any atom is -0.337 e. The zero-order valence-electron chi connectivity index (χ0n) is 16.8. The van der Waals surface area contributed by atoms with Gasteiger partial charge in [0.2, 0.25) is 5.95 Å². The van der Waals surface area contributed by atoms with Crippen molar-refractivity contribution < 1.29 is 4.79 Å². The molecule has 4 aromatic rings. The molecule has 2 aromatic carbocycles. The molecule has 156 valence electrons. The first-order chi connectivity index (χ1) is 15.3. The van der Waals surface area contributed by atoms with E-state index in [-0.39, 0.29) is 5.91 Å². The molecule has 6 nitrogen and oxygen atoms in total. The van der Waals surface area contributed by atoms with Gasteiger partial charge >= 0.3 is 0 Å². The number of thioether (sulfide) groups is 1. The number of piperazine rings is 1. The summed E-state index contributed by atoms with van der Waals surface area (Å²) in [7, 11) is 0. The fraction of sp³-hybridized carbons (Fsp3) is 0.217. The summed E-state index contributed by atoms with van der Waals surface area (Å²) in [6.07, 6.45) is 3.49. The molecule has 31 heavy (non-hydrogen) atoms. The lowest BCUT2D eigenvalue weighted by atomic mass is 10.1. The second-order valence-corrected chi connectivity index (χ2v) is 9.51. The molecule has 1 saturated heterocycles. The van der Waals surface area contributed by atoms with Crippen LogP contribution in [0.2, 0.25) is 0 Å². The van der Waals surface area contributed by atoms with Gasteiger partial charge in [-0.1, -0.05) is 36.0 Å². The van der Waals surface area contributed by atoms with Gasteiger partial charge in [0.25, 0.3) is 5.91 Å². The summed E-state index contributed by atoms with van der Waals surface area (Å²) in [4.78, 5) is 30.2. The first-order valence-corrected chi connectivity index (χ1v) is 11.9. The van der Waals surface area contributed by atoms with Gasteiger partial charge < -0.3 is 9.80 Å². The van der Waals surface area contributed by atoms with Crippen LogP contribution in [0.5, 0.6) is 0 Å². The lowest BCUT2D eigenvalue weighted by Gasteiger charge is -2.34. The van der Waals surface area contributed by atoms with E-state index in [1.165, 1.54) is 10.3 Å². The maximum absolute atomic E-state index is 12.9. The Morgan fingerprint density at radius 1 is 0.935 bits per heavy atom. The Balaban J connectivity index is 1.16. The van der Waals surface area contributed by atoms with Crippen molar-refractivity contribution in [2.45, 2.75) is 10.1 Å². The Bertz CT molecular complexity index is 1140. The Kier molecular flexibility index (Phi) is 5.82. The van der Waals surface area contributed by atoms with Crippen LogP contribution in [0.1, 0.15) is 15.9 Å². The van der Waals surface area contributed by atoms with Crippen LogP contribution in [-0.4, -0.2) is 51.9 Å². The number of para-hydroxylation sites is 1. The van der Waals surface area contributed by atoms with E-state index in [2.05, 4.69) is 25.9 Å². The standard InChI is InChI=1S/C23H21N5OS2/c29-21(27-12-14-28(15-13-27)22-24-10-3-11-25-22)18-8-6-17(7-9-18)16-30-23-26-19-4-1-2-5-20(19)31-23/h1-11H,12-16H2. The number of nitrogens with zero attached hydrogens (tertiary/aromatic N) is 5. The van der Waals surface area contributed by atoms with Gasteiger partial charge in [-0.25, -0.2) is 15.0 Å². The van der Waals surface area contributed by atoms with E-state index in [1.807, 2.05) is 53.4 Å². The SMILES string of the molecule is O=C(c1ccc(CSc2nc3ccccc3s2)cc1)N1CCN(c2ncccn2)CC1. The van der Waals surface area contributed by atoms with Crippen LogP contribution in [0, 0.1) is 0 Å². The number of amides is 1. The lowest BCUT2D eigenvalue weighted by Crippen LogP contribution is -2.49. The number of benzene rings is 2. The van der Waals surface area contributed by atoms with Crippen molar-refractivity contribution in [1.29, 1.82) is 0 Å². The van der Waals surface area contributed by atoms with Crippen molar-refractivity contribution in [3.63, 3.8) is 0 Å². The maximum atomic E-state index is 12.9. The highest BCUT2D eigenvalue weighted by molar-refractivity contribution is 8.00. The summed E-state index contributed by atoms with van der Waals surface area (Å²) < 4.78 is 2.28. The van der Waals surface area contributed by atoms with Gasteiger partial charge in [0.1, 0.15) is 0 Å². The summed E-state index contributed by atoms with van der Waals surface area (Å²) >= 11 is 3.45. The molecule has 3 heterocycles. The summed E-state index contributed by atoms with van der Waals surface area (Å²) in [6, 6.07) is 18.0. The molecule has 0 saturated carbocycles. The second-order valence-electron chi connectivity index (χ2n) is 7.26. The molecule has 5 rings (SSSR count). The smallest absolute Gasteiger partial charge is 0.253 e. The van der Waals surface area contributed by atoms with Crippen molar-refractivity contribution in [1.82, 2.24) is 19.9 Å². The van der Waals surface area contributed by atoms with E-state index in [9.17, 15) is 4.79 Å². The predicted octanol–water partition coefficient (Wildman–Crippen LogP) is 4.34. The number of hydrogen-bond acceptors (Lipinski definition) is 7. The van der Waals surface area contributed by atoms with Crippen LogP contribution < -0.4 is 4.90 Å². The number of aromatic nitrogens is 3. The Labute approximate surface area is 189 Å². The largest absolute Gasteiger partial charge is 0.337 e. The molecule has 1 amide bonds. The highest BCUT2D eigenvalue weighted by atomic mass is 32.2. The first-order valence-electron chi connectivity index (χ1n) is 10.1. The predicted molar refractivity (Wildman–Crippen MR) is 126 cm³/mol. The molecule has 1 aliphatic heterocycles. The number of thiazole rings is 1. The van der Waals surface area contributed by atoms with Crippen LogP contribution in [0.4, 0.5) is 5.95 Å². The van der Waals surface area contributed by atoms with Gasteiger partial charge in [-0.3, -0.25) is 4.79 Å². The molecule has 0 bridgehead atoms. The topological polar surface area (TPSA) is 62.2 Å². The molecular formula is C23H21N5OS2. The van der Waals surface area contributed by atoms with Crippen molar-refractivity contribution in [3.05, 3.63) is 78.1 Å². The zero-order chi connectivity index (χ0) is 21.0. The molecular weight excluding hydrogens is 426 g/mol. The van der Waals surface area contributed by atoms with Crippen LogP contribution in [0.3, 0.4) is 0 Å². The van der Waals surface area contributed by atoms with Crippen molar-refractivity contribution in [3.8, 4) is 0 Å². The van der Waals surface area contributed by atoms with Gasteiger partial charge in [-0.2, -0.15) is 0 Å². The molecule has 0 aliphatic carbocycles. The second kappa shape index (κ2) is 9.03.